The maximum Gasteiger partial charge on any atom is 0.249 e. The van der Waals surface area contributed by atoms with Gasteiger partial charge in [-0.15, -0.1) is 0 Å². The lowest BCUT2D eigenvalue weighted by atomic mass is 9.78. The molecule has 0 spiro atoms. The Morgan fingerprint density at radius 1 is 0.620 bits per heavy atom. The molecule has 0 amide bonds. The molecule has 0 aliphatic carbocycles. The Labute approximate surface area is 287 Å². The molecule has 2 aliphatic heterocycles. The summed E-state index contributed by atoms with van der Waals surface area (Å²) in [4.78, 5) is 0. The summed E-state index contributed by atoms with van der Waals surface area (Å²) in [5.41, 5.74) is 14.4. The molecule has 5 aromatic heterocycles. The van der Waals surface area contributed by atoms with E-state index in [1.54, 1.807) is 0 Å². The van der Waals surface area contributed by atoms with Crippen molar-refractivity contribution in [2.45, 2.75) is 24.8 Å². The SMILES string of the molecule is C=C1C2C(CCc3cc4c(cc3-c3cccc[n+]31)c1cccc3c5ccc6c7ccccc7oc6c5n4c13)c1ccccc1-c1cccc[n+]12. The Kier molecular flexibility index (Phi) is 5.04. The molecular formula is C46H31N3O+2. The lowest BCUT2D eigenvalue weighted by molar-refractivity contribution is -0.727. The molecule has 0 fully saturated rings. The number of furan rings is 1. The molecule has 0 N–H and O–H groups in total. The first-order valence-corrected chi connectivity index (χ1v) is 17.6. The fraction of sp³-hybridized carbons (Fsp3) is 0.0870. The number of rotatable bonds is 0. The molecule has 0 bridgehead atoms. The summed E-state index contributed by atoms with van der Waals surface area (Å²) in [5.74, 6) is 0.268. The lowest BCUT2D eigenvalue weighted by Gasteiger charge is -2.29. The van der Waals surface area contributed by atoms with E-state index >= 15 is 0 Å². The molecule has 2 unspecified atom stereocenters. The summed E-state index contributed by atoms with van der Waals surface area (Å²) in [6.45, 7) is 4.86. The van der Waals surface area contributed by atoms with Crippen LogP contribution in [0.3, 0.4) is 0 Å². The molecule has 12 rings (SSSR count). The number of hydrogen-bond acceptors (Lipinski definition) is 1. The Hall–Kier alpha value is -6.26. The fourth-order valence-corrected chi connectivity index (χ4v) is 9.68. The van der Waals surface area contributed by atoms with Crippen LogP contribution >= 0.6 is 0 Å². The van der Waals surface area contributed by atoms with Crippen molar-refractivity contribution in [2.75, 3.05) is 0 Å². The molecule has 4 heteroatoms. The average molecular weight is 642 g/mol. The number of aromatic nitrogens is 3. The van der Waals surface area contributed by atoms with Crippen molar-refractivity contribution in [3.63, 3.8) is 0 Å². The highest BCUT2D eigenvalue weighted by molar-refractivity contribution is 6.28. The van der Waals surface area contributed by atoms with Crippen molar-refractivity contribution in [2.24, 2.45) is 0 Å². The molecule has 2 aliphatic rings. The third kappa shape index (κ3) is 3.26. The topological polar surface area (TPSA) is 25.3 Å². The minimum atomic E-state index is 0.0866. The maximum absolute atomic E-state index is 6.68. The lowest BCUT2D eigenvalue weighted by Crippen LogP contribution is -2.53. The zero-order chi connectivity index (χ0) is 32.7. The highest BCUT2D eigenvalue weighted by atomic mass is 16.3. The van der Waals surface area contributed by atoms with Crippen molar-refractivity contribution >= 4 is 65.7 Å². The summed E-state index contributed by atoms with van der Waals surface area (Å²) in [6.07, 6.45) is 6.40. The van der Waals surface area contributed by atoms with Gasteiger partial charge in [-0.3, -0.25) is 0 Å². The Morgan fingerprint density at radius 2 is 1.36 bits per heavy atom. The van der Waals surface area contributed by atoms with Crippen LogP contribution in [0.5, 0.6) is 0 Å². The number of benzene rings is 5. The van der Waals surface area contributed by atoms with Crippen molar-refractivity contribution < 1.29 is 13.6 Å². The predicted octanol–water partition coefficient (Wildman–Crippen LogP) is 10.4. The van der Waals surface area contributed by atoms with Crippen LogP contribution in [0.2, 0.25) is 0 Å². The van der Waals surface area contributed by atoms with Crippen LogP contribution in [-0.4, -0.2) is 4.40 Å². The number of fused-ring (bicyclic) bond motifs is 19. The molecule has 2 atom stereocenters. The minimum absolute atomic E-state index is 0.0866. The van der Waals surface area contributed by atoms with Crippen molar-refractivity contribution in [3.05, 3.63) is 157 Å². The van der Waals surface area contributed by atoms with Gasteiger partial charge in [0.2, 0.25) is 23.1 Å². The van der Waals surface area contributed by atoms with Gasteiger partial charge in [0.25, 0.3) is 0 Å². The van der Waals surface area contributed by atoms with Crippen molar-refractivity contribution in [1.29, 1.82) is 0 Å². The standard InChI is InChI=1S/C46H31N3O/c1-27-43-34(29-11-2-3-12-30(29)39-16-7-9-24-48(39)43)20-19-28-25-41-38(26-37(28)40-17-6-8-23-47(27)40)33-15-10-14-32-35-21-22-36-31-13-4-5-18-42(31)50-46(36)45(35)49(41)44(32)33/h2-18,21-26,34,43H,1,19-20H2/q+2. The third-order valence-electron chi connectivity index (χ3n) is 11.8. The largest absolute Gasteiger partial charge is 0.454 e. The van der Waals surface area contributed by atoms with Gasteiger partial charge in [0.05, 0.1) is 28.0 Å². The monoisotopic (exact) mass is 641 g/mol. The second-order valence-corrected chi connectivity index (χ2v) is 14.1. The number of pyridine rings is 2. The molecule has 234 valence electrons. The van der Waals surface area contributed by atoms with E-state index in [1.165, 1.54) is 66.2 Å². The second kappa shape index (κ2) is 9.46. The van der Waals surface area contributed by atoms with E-state index in [0.29, 0.717) is 0 Å². The van der Waals surface area contributed by atoms with Crippen LogP contribution in [0.4, 0.5) is 0 Å². The average Bonchev–Trinajstić information content (AvgIpc) is 3.83. The Bertz CT molecular complexity index is 3090. The smallest absolute Gasteiger partial charge is 0.249 e. The first-order valence-electron chi connectivity index (χ1n) is 17.6. The van der Waals surface area contributed by atoms with Crippen LogP contribution in [0.25, 0.3) is 88.2 Å². The second-order valence-electron chi connectivity index (χ2n) is 14.1. The van der Waals surface area contributed by atoms with E-state index in [1.807, 2.05) is 0 Å². The van der Waals surface area contributed by atoms with Gasteiger partial charge in [0, 0.05) is 62.1 Å². The molecule has 7 heterocycles. The molecule has 4 nitrogen and oxygen atoms in total. The van der Waals surface area contributed by atoms with E-state index in [2.05, 4.69) is 153 Å². The predicted molar refractivity (Wildman–Crippen MR) is 202 cm³/mol. The zero-order valence-corrected chi connectivity index (χ0v) is 27.3. The van der Waals surface area contributed by atoms with E-state index in [-0.39, 0.29) is 12.0 Å². The highest BCUT2D eigenvalue weighted by Crippen LogP contribution is 2.47. The van der Waals surface area contributed by atoms with Gasteiger partial charge < -0.3 is 8.82 Å². The van der Waals surface area contributed by atoms with Crippen LogP contribution in [-0.2, 0) is 6.42 Å². The van der Waals surface area contributed by atoms with Crippen LogP contribution in [0.1, 0.15) is 29.5 Å². The van der Waals surface area contributed by atoms with Crippen LogP contribution in [0.15, 0.2) is 151 Å². The van der Waals surface area contributed by atoms with E-state index in [0.717, 1.165) is 46.0 Å². The van der Waals surface area contributed by atoms with Gasteiger partial charge in [-0.25, -0.2) is 0 Å². The van der Waals surface area contributed by atoms with E-state index in [4.69, 9.17) is 11.0 Å². The quantitative estimate of drug-likeness (QED) is 0.151. The van der Waals surface area contributed by atoms with Crippen LogP contribution < -0.4 is 9.13 Å². The van der Waals surface area contributed by atoms with Gasteiger partial charge in [0.15, 0.2) is 18.0 Å². The first-order chi connectivity index (χ1) is 24.7. The van der Waals surface area contributed by atoms with Gasteiger partial charge >= 0.3 is 0 Å². The maximum atomic E-state index is 6.68. The molecule has 5 aromatic carbocycles. The normalized spacial score (nSPS) is 17.1. The third-order valence-corrected chi connectivity index (χ3v) is 11.8. The highest BCUT2D eigenvalue weighted by Gasteiger charge is 2.46. The fourth-order valence-electron chi connectivity index (χ4n) is 9.68. The van der Waals surface area contributed by atoms with E-state index in [9.17, 15) is 0 Å². The van der Waals surface area contributed by atoms with Gasteiger partial charge in [-0.1, -0.05) is 60.7 Å². The summed E-state index contributed by atoms with van der Waals surface area (Å²) >= 11 is 0. The minimum Gasteiger partial charge on any atom is -0.454 e. The number of allylic oxidation sites excluding steroid dienone is 1. The first kappa shape index (κ1) is 26.7. The molecular weight excluding hydrogens is 611 g/mol. The van der Waals surface area contributed by atoms with Gasteiger partial charge in [0.1, 0.15) is 5.58 Å². The number of hydrogen-bond donors (Lipinski definition) is 0. The summed E-state index contributed by atoms with van der Waals surface area (Å²) in [6, 6.07) is 46.9. The molecule has 10 aromatic rings. The van der Waals surface area contributed by atoms with E-state index < -0.39 is 0 Å². The molecule has 0 saturated carbocycles. The van der Waals surface area contributed by atoms with Crippen molar-refractivity contribution in [3.8, 4) is 22.5 Å². The summed E-state index contributed by atoms with van der Waals surface area (Å²) < 4.78 is 14.0. The Morgan fingerprint density at radius 3 is 2.30 bits per heavy atom. The molecule has 0 radical (unpaired) electrons. The summed E-state index contributed by atoms with van der Waals surface area (Å²) in [5, 5.41) is 7.36. The molecule has 0 saturated heterocycles. The molecule has 50 heavy (non-hydrogen) atoms. The van der Waals surface area contributed by atoms with Gasteiger partial charge in [-0.2, -0.15) is 9.13 Å². The van der Waals surface area contributed by atoms with Crippen molar-refractivity contribution in [1.82, 2.24) is 4.40 Å². The zero-order valence-electron chi connectivity index (χ0n) is 27.3. The van der Waals surface area contributed by atoms with Crippen LogP contribution in [0, 0.1) is 0 Å². The number of para-hydroxylation sites is 2. The number of nitrogens with zero attached hydrogens (tertiary/aromatic N) is 3. The Balaban J connectivity index is 1.17. The number of aryl methyl sites for hydroxylation is 1. The van der Waals surface area contributed by atoms with Gasteiger partial charge in [-0.05, 0) is 73.0 Å². The summed E-state index contributed by atoms with van der Waals surface area (Å²) in [7, 11) is 0.